The lowest BCUT2D eigenvalue weighted by molar-refractivity contribution is 0.418. The van der Waals surface area contributed by atoms with E-state index in [-0.39, 0.29) is 17.8 Å². The Kier molecular flexibility index (Phi) is 4.91. The average molecular weight is 433 g/mol. The van der Waals surface area contributed by atoms with Gasteiger partial charge in [0, 0.05) is 10.9 Å². The highest BCUT2D eigenvalue weighted by Gasteiger charge is 2.17. The number of nitrogens with zero attached hydrogens (tertiary/aromatic N) is 5. The number of ether oxygens (including phenoxy) is 1. The van der Waals surface area contributed by atoms with Gasteiger partial charge in [0.05, 0.1) is 25.9 Å². The fourth-order valence-electron chi connectivity index (χ4n) is 3.48. The fraction of sp³-hybridized carbons (Fsp3) is 0.182. The first-order chi connectivity index (χ1) is 15.5. The maximum absolute atomic E-state index is 13.1. The molecule has 5 rings (SSSR count). The largest absolute Gasteiger partial charge is 0.494 e. The fourth-order valence-corrected chi connectivity index (χ4v) is 3.48. The number of rotatable bonds is 6. The van der Waals surface area contributed by atoms with Crippen molar-refractivity contribution < 1.29 is 13.5 Å². The van der Waals surface area contributed by atoms with E-state index in [1.165, 1.54) is 16.6 Å². The normalized spacial score (nSPS) is 12.5. The number of nitrogens with two attached hydrogens (primary N) is 1. The molecule has 3 aromatic heterocycles. The van der Waals surface area contributed by atoms with Crippen LogP contribution in [0.3, 0.4) is 0 Å². The van der Waals surface area contributed by atoms with Crippen LogP contribution < -0.4 is 15.8 Å². The molecule has 2 aromatic carbocycles. The van der Waals surface area contributed by atoms with E-state index in [2.05, 4.69) is 25.4 Å². The summed E-state index contributed by atoms with van der Waals surface area (Å²) >= 11 is 0. The Bertz CT molecular complexity index is 1410. The lowest BCUT2D eigenvalue weighted by Crippen LogP contribution is -2.19. The minimum Gasteiger partial charge on any atom is -0.494 e. The lowest BCUT2D eigenvalue weighted by Gasteiger charge is -2.08. The van der Waals surface area contributed by atoms with Crippen LogP contribution in [0.5, 0.6) is 5.75 Å². The van der Waals surface area contributed by atoms with Crippen LogP contribution in [0.4, 0.5) is 10.3 Å². The van der Waals surface area contributed by atoms with Gasteiger partial charge in [0.1, 0.15) is 17.1 Å². The predicted molar refractivity (Wildman–Crippen MR) is 116 cm³/mol. The first-order valence-corrected chi connectivity index (χ1v) is 9.96. The van der Waals surface area contributed by atoms with Gasteiger partial charge in [0.2, 0.25) is 11.8 Å². The van der Waals surface area contributed by atoms with Gasteiger partial charge in [0.25, 0.3) is 0 Å². The van der Waals surface area contributed by atoms with Crippen molar-refractivity contribution in [3.05, 3.63) is 66.2 Å². The summed E-state index contributed by atoms with van der Waals surface area (Å²) in [5, 5.41) is 8.57. The van der Waals surface area contributed by atoms with Crippen LogP contribution in [0.1, 0.15) is 24.7 Å². The average Bonchev–Trinajstić information content (AvgIpc) is 3.46. The maximum atomic E-state index is 13.1. The molecule has 0 bridgehead atoms. The molecule has 1 atom stereocenters. The van der Waals surface area contributed by atoms with E-state index in [4.69, 9.17) is 14.9 Å². The SMILES string of the molecule is COc1cccc2c1nc(N)n1nc(CNC(C)c3ncc(-c4ccc(F)cc4)o3)nc21. The van der Waals surface area contributed by atoms with Crippen LogP contribution in [0.15, 0.2) is 53.1 Å². The number of nitrogens with one attached hydrogen (secondary N) is 1. The van der Waals surface area contributed by atoms with Gasteiger partial charge in [0.15, 0.2) is 17.2 Å². The highest BCUT2D eigenvalue weighted by atomic mass is 19.1. The molecule has 0 aliphatic rings. The number of fused-ring (bicyclic) bond motifs is 3. The third-order valence-electron chi connectivity index (χ3n) is 5.14. The lowest BCUT2D eigenvalue weighted by atomic mass is 10.2. The van der Waals surface area contributed by atoms with E-state index in [0.717, 1.165) is 10.9 Å². The number of aromatic nitrogens is 5. The Morgan fingerprint density at radius 1 is 1.19 bits per heavy atom. The van der Waals surface area contributed by atoms with Crippen molar-refractivity contribution >= 4 is 22.5 Å². The number of anilines is 1. The Hall–Kier alpha value is -4.05. The molecule has 3 heterocycles. The number of hydrogen-bond acceptors (Lipinski definition) is 8. The number of para-hydroxylation sites is 1. The minimum absolute atomic E-state index is 0.205. The van der Waals surface area contributed by atoms with Crippen molar-refractivity contribution in [2.75, 3.05) is 12.8 Å². The smallest absolute Gasteiger partial charge is 0.223 e. The molecule has 0 aliphatic heterocycles. The Morgan fingerprint density at radius 3 is 2.78 bits per heavy atom. The van der Waals surface area contributed by atoms with Crippen LogP contribution in [0, 0.1) is 5.82 Å². The van der Waals surface area contributed by atoms with E-state index in [0.29, 0.717) is 40.9 Å². The van der Waals surface area contributed by atoms with Gasteiger partial charge >= 0.3 is 0 Å². The molecule has 3 N–H and O–H groups in total. The molecular weight excluding hydrogens is 413 g/mol. The summed E-state index contributed by atoms with van der Waals surface area (Å²) in [5.74, 6) is 2.16. The first-order valence-electron chi connectivity index (χ1n) is 9.96. The van der Waals surface area contributed by atoms with Crippen LogP contribution in [0.25, 0.3) is 27.9 Å². The molecule has 0 amide bonds. The summed E-state index contributed by atoms with van der Waals surface area (Å²) in [7, 11) is 1.58. The molecule has 0 saturated heterocycles. The van der Waals surface area contributed by atoms with E-state index in [1.54, 1.807) is 25.4 Å². The van der Waals surface area contributed by atoms with E-state index < -0.39 is 0 Å². The molecule has 162 valence electrons. The third kappa shape index (κ3) is 3.50. The Balaban J connectivity index is 1.37. The maximum Gasteiger partial charge on any atom is 0.223 e. The highest BCUT2D eigenvalue weighted by molar-refractivity contribution is 5.95. The van der Waals surface area contributed by atoms with Crippen LogP contribution in [-0.4, -0.2) is 31.7 Å². The second-order valence-electron chi connectivity index (χ2n) is 7.26. The molecule has 9 nitrogen and oxygen atoms in total. The number of benzene rings is 2. The second-order valence-corrected chi connectivity index (χ2v) is 7.26. The third-order valence-corrected chi connectivity index (χ3v) is 5.14. The van der Waals surface area contributed by atoms with Crippen molar-refractivity contribution in [2.45, 2.75) is 19.5 Å². The summed E-state index contributed by atoms with van der Waals surface area (Å²) in [6.07, 6.45) is 1.62. The Labute approximate surface area is 182 Å². The zero-order valence-corrected chi connectivity index (χ0v) is 17.4. The van der Waals surface area contributed by atoms with Crippen molar-refractivity contribution in [3.8, 4) is 17.1 Å². The zero-order chi connectivity index (χ0) is 22.2. The summed E-state index contributed by atoms with van der Waals surface area (Å²) in [5.41, 5.74) is 8.09. The molecular formula is C22H20FN7O2. The van der Waals surface area contributed by atoms with Crippen molar-refractivity contribution in [2.24, 2.45) is 0 Å². The van der Waals surface area contributed by atoms with Gasteiger partial charge in [-0.05, 0) is 43.3 Å². The molecule has 0 saturated carbocycles. The zero-order valence-electron chi connectivity index (χ0n) is 17.4. The summed E-state index contributed by atoms with van der Waals surface area (Å²) in [4.78, 5) is 13.4. The van der Waals surface area contributed by atoms with Gasteiger partial charge < -0.3 is 14.9 Å². The molecule has 10 heteroatoms. The Morgan fingerprint density at radius 2 is 2.00 bits per heavy atom. The number of nitrogen functional groups attached to an aromatic ring is 1. The van der Waals surface area contributed by atoms with Crippen molar-refractivity contribution in [1.82, 2.24) is 29.9 Å². The minimum atomic E-state index is -0.300. The van der Waals surface area contributed by atoms with E-state index in [1.807, 2.05) is 25.1 Å². The van der Waals surface area contributed by atoms with Crippen LogP contribution in [-0.2, 0) is 6.54 Å². The molecule has 32 heavy (non-hydrogen) atoms. The van der Waals surface area contributed by atoms with Crippen molar-refractivity contribution in [1.29, 1.82) is 0 Å². The number of halogens is 1. The van der Waals surface area contributed by atoms with E-state index >= 15 is 0 Å². The van der Waals surface area contributed by atoms with E-state index in [9.17, 15) is 4.39 Å². The summed E-state index contributed by atoms with van der Waals surface area (Å²) < 4.78 is 25.9. The van der Waals surface area contributed by atoms with Crippen LogP contribution >= 0.6 is 0 Å². The molecule has 1 unspecified atom stereocenters. The van der Waals surface area contributed by atoms with Gasteiger partial charge in [-0.25, -0.2) is 19.3 Å². The molecule has 0 fully saturated rings. The van der Waals surface area contributed by atoms with Gasteiger partial charge in [-0.3, -0.25) is 5.32 Å². The first kappa shape index (κ1) is 19.9. The molecule has 0 spiro atoms. The van der Waals surface area contributed by atoms with Gasteiger partial charge in [-0.2, -0.15) is 4.52 Å². The quantitative estimate of drug-likeness (QED) is 0.418. The van der Waals surface area contributed by atoms with Crippen molar-refractivity contribution in [3.63, 3.8) is 0 Å². The summed E-state index contributed by atoms with van der Waals surface area (Å²) in [6.45, 7) is 2.29. The molecule has 0 aliphatic carbocycles. The van der Waals surface area contributed by atoms with Crippen LogP contribution in [0.2, 0.25) is 0 Å². The topological polar surface area (TPSA) is 116 Å². The number of oxazole rings is 1. The second kappa shape index (κ2) is 7.89. The number of methoxy groups -OCH3 is 1. The highest BCUT2D eigenvalue weighted by Crippen LogP contribution is 2.27. The van der Waals surface area contributed by atoms with Gasteiger partial charge in [-0.1, -0.05) is 6.07 Å². The standard InChI is InChI=1S/C22H20FN7O2/c1-12(21-26-10-17(32-21)13-6-8-14(23)9-7-13)25-11-18-27-20-15-4-3-5-16(31-2)19(15)28-22(24)30(20)29-18/h3-10,12,25H,11H2,1-2H3,(H2,24,28). The van der Waals surface area contributed by atoms with Gasteiger partial charge in [-0.15, -0.1) is 5.10 Å². The predicted octanol–water partition coefficient (Wildman–Crippen LogP) is 3.51. The number of hydrogen-bond donors (Lipinski definition) is 2. The molecule has 0 radical (unpaired) electrons. The summed E-state index contributed by atoms with van der Waals surface area (Å²) in [6, 6.07) is 11.5. The molecule has 5 aromatic rings. The monoisotopic (exact) mass is 433 g/mol.